The summed E-state index contributed by atoms with van der Waals surface area (Å²) in [6.07, 6.45) is -1.11. The van der Waals surface area contributed by atoms with Crippen LogP contribution in [0.4, 0.5) is 5.69 Å². The SMILES string of the molecule is C=C1C(=O)[C@]23[C@H](OC(=O)c4ccc(N(CCCl)CCCl)cc4)[C@H]1CC[C@H]2[C@@]12CO[C@@]3(O)[C@@H](O)[C@@H]1C(C)(C)CC[C@@H]2OC(C)=O. The van der Waals surface area contributed by atoms with Crippen molar-refractivity contribution in [1.82, 2.24) is 0 Å². The number of aliphatic hydroxyl groups excluding tert-OH is 1. The minimum atomic E-state index is -2.33. The van der Waals surface area contributed by atoms with Crippen molar-refractivity contribution in [2.75, 3.05) is 36.4 Å². The molecule has 2 aliphatic heterocycles. The van der Waals surface area contributed by atoms with Gasteiger partial charge in [-0.15, -0.1) is 23.2 Å². The highest BCUT2D eigenvalue weighted by atomic mass is 35.5. The number of nitrogens with zero attached hydrogens (tertiary/aromatic N) is 1. The van der Waals surface area contributed by atoms with Crippen LogP contribution in [0.5, 0.6) is 0 Å². The number of carbonyl (C=O) groups excluding carboxylic acids is 3. The van der Waals surface area contributed by atoms with E-state index in [-0.39, 0.29) is 17.7 Å². The fourth-order valence-corrected chi connectivity index (χ4v) is 10.4. The van der Waals surface area contributed by atoms with Crippen LogP contribution in [0, 0.1) is 34.0 Å². The van der Waals surface area contributed by atoms with Gasteiger partial charge in [-0.2, -0.15) is 0 Å². The minimum Gasteiger partial charge on any atom is -0.462 e. The molecule has 44 heavy (non-hydrogen) atoms. The molecule has 11 heteroatoms. The van der Waals surface area contributed by atoms with Gasteiger partial charge in [0.25, 0.3) is 0 Å². The molecule has 4 saturated carbocycles. The van der Waals surface area contributed by atoms with Crippen LogP contribution in [0.25, 0.3) is 0 Å². The van der Waals surface area contributed by atoms with Crippen molar-refractivity contribution in [2.45, 2.75) is 70.6 Å². The maximum Gasteiger partial charge on any atom is 0.338 e. The average Bonchev–Trinajstić information content (AvgIpc) is 3.09. The van der Waals surface area contributed by atoms with E-state index in [0.29, 0.717) is 50.5 Å². The molecular formula is C33H41Cl2NO8. The van der Waals surface area contributed by atoms with Gasteiger partial charge in [0.2, 0.25) is 5.79 Å². The fraction of sp³-hybridized carbons (Fsp3) is 0.667. The van der Waals surface area contributed by atoms with Gasteiger partial charge in [-0.25, -0.2) is 4.79 Å². The highest BCUT2D eigenvalue weighted by Crippen LogP contribution is 2.77. The fourth-order valence-electron chi connectivity index (χ4n) is 9.95. The number of ether oxygens (including phenoxy) is 3. The summed E-state index contributed by atoms with van der Waals surface area (Å²) in [5.74, 6) is -4.75. The van der Waals surface area contributed by atoms with Crippen molar-refractivity contribution in [3.05, 3.63) is 42.0 Å². The number of rotatable bonds is 8. The molecule has 4 aliphatic carbocycles. The first kappa shape index (κ1) is 31.8. The Kier molecular flexibility index (Phi) is 7.93. The summed E-state index contributed by atoms with van der Waals surface area (Å²) >= 11 is 11.9. The highest BCUT2D eigenvalue weighted by molar-refractivity contribution is 6.18. The normalized spacial score (nSPS) is 39.8. The number of benzene rings is 1. The molecule has 2 N–H and O–H groups in total. The third-order valence-electron chi connectivity index (χ3n) is 11.5. The molecule has 7 rings (SSSR count). The third-order valence-corrected chi connectivity index (χ3v) is 11.9. The molecule has 9 atom stereocenters. The Labute approximate surface area is 267 Å². The number of halogens is 2. The molecular weight excluding hydrogens is 609 g/mol. The molecule has 2 heterocycles. The van der Waals surface area contributed by atoms with E-state index in [1.165, 1.54) is 6.92 Å². The van der Waals surface area contributed by atoms with Crippen LogP contribution in [0.3, 0.4) is 0 Å². The molecule has 6 aliphatic rings. The Hall–Kier alpha value is -2.17. The van der Waals surface area contributed by atoms with Gasteiger partial charge >= 0.3 is 11.9 Å². The standard InChI is InChI=1S/C33H41Cl2NO8/c1-18-22-9-10-23-31-17-42-33(41,27(39)25(31)30(3,4)12-11-24(31)43-19(2)37)32(23,26(18)38)28(22)44-29(40)20-5-7-21(8-6-20)36(15-13-34)16-14-35/h5-8,22-25,27-28,39,41H,1,9-17H2,2-4H3/t22-,23-,24-,25+,27-,28+,31+,32-,33-/m0/s1. The second-order valence-electron chi connectivity index (χ2n) is 13.8. The van der Waals surface area contributed by atoms with Gasteiger partial charge in [-0.05, 0) is 66.9 Å². The van der Waals surface area contributed by atoms with Crippen molar-refractivity contribution >= 4 is 46.6 Å². The lowest BCUT2D eigenvalue weighted by Crippen LogP contribution is -2.86. The first-order chi connectivity index (χ1) is 20.8. The van der Waals surface area contributed by atoms with E-state index in [9.17, 15) is 24.6 Å². The lowest BCUT2D eigenvalue weighted by molar-refractivity contribution is -0.457. The molecule has 4 bridgehead atoms. The number of anilines is 1. The highest BCUT2D eigenvalue weighted by Gasteiger charge is 2.88. The van der Waals surface area contributed by atoms with Crippen LogP contribution >= 0.6 is 23.2 Å². The number of Topliss-reactive ketones (excluding diaryl/α,β-unsaturated/α-hetero) is 1. The Balaban J connectivity index is 1.42. The number of fused-ring (bicyclic) bond motifs is 2. The Morgan fingerprint density at radius 3 is 2.36 bits per heavy atom. The van der Waals surface area contributed by atoms with Gasteiger partial charge in [0.05, 0.1) is 12.2 Å². The predicted molar refractivity (Wildman–Crippen MR) is 163 cm³/mol. The van der Waals surface area contributed by atoms with E-state index < -0.39 is 75.8 Å². The van der Waals surface area contributed by atoms with Crippen LogP contribution < -0.4 is 4.90 Å². The largest absolute Gasteiger partial charge is 0.462 e. The second kappa shape index (κ2) is 11.0. The minimum absolute atomic E-state index is 0.00662. The van der Waals surface area contributed by atoms with Crippen molar-refractivity contribution in [3.63, 3.8) is 0 Å². The smallest absolute Gasteiger partial charge is 0.338 e. The first-order valence-electron chi connectivity index (χ1n) is 15.4. The number of hydrogen-bond acceptors (Lipinski definition) is 9. The van der Waals surface area contributed by atoms with Gasteiger partial charge in [-0.1, -0.05) is 20.4 Å². The summed E-state index contributed by atoms with van der Waals surface area (Å²) in [5, 5.41) is 24.5. The Bertz CT molecular complexity index is 1360. The lowest BCUT2D eigenvalue weighted by atomic mass is 9.35. The van der Waals surface area contributed by atoms with Gasteiger partial charge < -0.3 is 29.3 Å². The quantitative estimate of drug-likeness (QED) is 0.243. The van der Waals surface area contributed by atoms with Gasteiger partial charge in [-0.3, -0.25) is 9.59 Å². The monoisotopic (exact) mass is 649 g/mol. The van der Waals surface area contributed by atoms with Crippen LogP contribution in [-0.4, -0.2) is 83.5 Å². The molecule has 2 spiro atoms. The van der Waals surface area contributed by atoms with E-state index in [0.717, 1.165) is 5.69 Å². The van der Waals surface area contributed by atoms with E-state index in [1.54, 1.807) is 24.3 Å². The zero-order chi connectivity index (χ0) is 31.8. The number of esters is 2. The number of carbonyl (C=O) groups is 3. The summed E-state index contributed by atoms with van der Waals surface area (Å²) in [6, 6.07) is 6.87. The summed E-state index contributed by atoms with van der Waals surface area (Å²) in [5.41, 5.74) is -1.88. The van der Waals surface area contributed by atoms with Crippen LogP contribution in [0.1, 0.15) is 56.8 Å². The zero-order valence-corrected chi connectivity index (χ0v) is 26.9. The number of aliphatic hydroxyl groups is 2. The van der Waals surface area contributed by atoms with E-state index >= 15 is 0 Å². The van der Waals surface area contributed by atoms with E-state index in [1.807, 2.05) is 18.7 Å². The molecule has 240 valence electrons. The van der Waals surface area contributed by atoms with Crippen molar-refractivity contribution < 1.29 is 38.8 Å². The van der Waals surface area contributed by atoms with Crippen LogP contribution in [-0.2, 0) is 23.8 Å². The van der Waals surface area contributed by atoms with Crippen molar-refractivity contribution in [2.24, 2.45) is 34.0 Å². The molecule has 9 nitrogen and oxygen atoms in total. The summed E-state index contributed by atoms with van der Waals surface area (Å²) in [7, 11) is 0. The molecule has 6 fully saturated rings. The molecule has 0 aromatic heterocycles. The predicted octanol–water partition coefficient (Wildman–Crippen LogP) is 4.10. The summed E-state index contributed by atoms with van der Waals surface area (Å²) in [6.45, 7) is 10.7. The molecule has 1 aromatic rings. The average molecular weight is 651 g/mol. The van der Waals surface area contributed by atoms with E-state index in [2.05, 4.69) is 6.58 Å². The second-order valence-corrected chi connectivity index (χ2v) is 14.6. The maximum absolute atomic E-state index is 14.4. The third kappa shape index (κ3) is 4.11. The van der Waals surface area contributed by atoms with E-state index in [4.69, 9.17) is 37.4 Å². The summed E-state index contributed by atoms with van der Waals surface area (Å²) < 4.78 is 18.4. The van der Waals surface area contributed by atoms with Gasteiger partial charge in [0, 0.05) is 54.7 Å². The molecule has 0 radical (unpaired) electrons. The zero-order valence-electron chi connectivity index (χ0n) is 25.4. The maximum atomic E-state index is 14.4. The lowest BCUT2D eigenvalue weighted by Gasteiger charge is -2.74. The molecule has 0 amide bonds. The first-order valence-corrected chi connectivity index (χ1v) is 16.5. The molecule has 1 aromatic carbocycles. The van der Waals surface area contributed by atoms with Gasteiger partial charge in [0.1, 0.15) is 23.7 Å². The Morgan fingerprint density at radius 2 is 1.75 bits per heavy atom. The van der Waals surface area contributed by atoms with Gasteiger partial charge in [0.15, 0.2) is 5.78 Å². The number of ketones is 1. The topological polar surface area (TPSA) is 123 Å². The van der Waals surface area contributed by atoms with Crippen molar-refractivity contribution in [3.8, 4) is 0 Å². The number of alkyl halides is 2. The van der Waals surface area contributed by atoms with Crippen molar-refractivity contribution in [1.29, 1.82) is 0 Å². The Morgan fingerprint density at radius 1 is 1.09 bits per heavy atom. The van der Waals surface area contributed by atoms with Crippen LogP contribution in [0.2, 0.25) is 0 Å². The molecule has 0 unspecified atom stereocenters. The number of hydrogen-bond donors (Lipinski definition) is 2. The molecule has 2 saturated heterocycles. The summed E-state index contributed by atoms with van der Waals surface area (Å²) in [4.78, 5) is 42.6. The van der Waals surface area contributed by atoms with Crippen LogP contribution in [0.15, 0.2) is 36.4 Å².